The van der Waals surface area contributed by atoms with Gasteiger partial charge in [0, 0.05) is 17.2 Å². The van der Waals surface area contributed by atoms with Crippen LogP contribution in [-0.4, -0.2) is 56.4 Å². The number of allylic oxidation sites excluding steroid dienone is 6. The van der Waals surface area contributed by atoms with Crippen molar-refractivity contribution in [2.45, 2.75) is 44.3 Å². The van der Waals surface area contributed by atoms with Crippen LogP contribution in [0.1, 0.15) is 26.0 Å². The molecule has 1 fully saturated rings. The number of nitrogen functional groups attached to an aromatic ring is 1. The van der Waals surface area contributed by atoms with E-state index in [1.807, 2.05) is 19.1 Å². The monoisotopic (exact) mass is 612 g/mol. The molecule has 1 aliphatic carbocycles. The molecule has 2 bridgehead atoms. The highest BCUT2D eigenvalue weighted by Crippen LogP contribution is 2.36. The molecule has 43 heavy (non-hydrogen) atoms. The van der Waals surface area contributed by atoms with Crippen molar-refractivity contribution in [2.75, 3.05) is 12.3 Å². The second kappa shape index (κ2) is 12.8. The number of fused-ring (bicyclic) bond motifs is 2. The molecule has 3 aliphatic rings. The Morgan fingerprint density at radius 1 is 1.16 bits per heavy atom. The number of hydrogen-bond acceptors (Lipinski definition) is 12. The van der Waals surface area contributed by atoms with Crippen LogP contribution in [0, 0.1) is 0 Å². The number of benzene rings is 1. The summed E-state index contributed by atoms with van der Waals surface area (Å²) in [5, 5.41) is 10.7. The summed E-state index contributed by atoms with van der Waals surface area (Å²) < 4.78 is 39.5. The molecule has 14 nitrogen and oxygen atoms in total. The number of nitrogens with zero attached hydrogens (tertiary/aromatic N) is 2. The zero-order chi connectivity index (χ0) is 30.7. The standard InChI is InChI=1S/C28H26N3O11P/c1-2-15-3-4-19-12-16(11-15)13-20(27(34)40-19)26(33)39-18-7-5-17(6-8-18)38-14-21-24(42-43(36)37)23(32)25(41-21)31-10-9-22(29)30-28(31)35/h3-11,13,21,23-25,32H,2,12,14H2,1H3,(H2-,29,30,35,36,37)/p+1/t21-,23-,24-,25-/m1/s1. The van der Waals surface area contributed by atoms with Crippen molar-refractivity contribution < 1.29 is 47.6 Å². The molecule has 5 rings (SSSR count). The van der Waals surface area contributed by atoms with Gasteiger partial charge < -0.3 is 29.8 Å². The molecular formula is C28H27N3O11P+. The van der Waals surface area contributed by atoms with E-state index in [2.05, 4.69) is 4.98 Å². The van der Waals surface area contributed by atoms with Crippen molar-refractivity contribution >= 4 is 26.0 Å². The van der Waals surface area contributed by atoms with Crippen molar-refractivity contribution in [3.63, 3.8) is 0 Å². The van der Waals surface area contributed by atoms with Crippen LogP contribution in [0.4, 0.5) is 5.82 Å². The van der Waals surface area contributed by atoms with E-state index in [0.717, 1.165) is 22.1 Å². The Morgan fingerprint density at radius 2 is 1.91 bits per heavy atom. The van der Waals surface area contributed by atoms with Gasteiger partial charge in [0.05, 0.1) is 0 Å². The van der Waals surface area contributed by atoms with Crippen LogP contribution in [0.2, 0.25) is 0 Å². The third-order valence-corrected chi connectivity index (χ3v) is 7.15. The minimum atomic E-state index is -3.13. The van der Waals surface area contributed by atoms with Crippen molar-refractivity contribution in [1.82, 2.24) is 9.55 Å². The summed E-state index contributed by atoms with van der Waals surface area (Å²) in [6, 6.07) is 7.15. The Morgan fingerprint density at radius 3 is 2.60 bits per heavy atom. The molecule has 0 saturated carbocycles. The highest BCUT2D eigenvalue weighted by Gasteiger charge is 2.50. The molecule has 1 unspecified atom stereocenters. The van der Waals surface area contributed by atoms with Gasteiger partial charge in [0.2, 0.25) is 0 Å². The van der Waals surface area contributed by atoms with Gasteiger partial charge >= 0.3 is 25.9 Å². The summed E-state index contributed by atoms with van der Waals surface area (Å²) in [6.07, 6.45) is 4.15. The number of aliphatic hydroxyl groups excluding tert-OH is 1. The Balaban J connectivity index is 1.24. The van der Waals surface area contributed by atoms with Crippen LogP contribution in [0.25, 0.3) is 0 Å². The number of nitrogens with two attached hydrogens (primary N) is 1. The van der Waals surface area contributed by atoms with Gasteiger partial charge in [-0.05, 0) is 60.1 Å². The predicted octanol–water partition coefficient (Wildman–Crippen LogP) is 2.14. The summed E-state index contributed by atoms with van der Waals surface area (Å²) >= 11 is 0. The fourth-order valence-electron chi connectivity index (χ4n) is 4.62. The molecule has 224 valence electrons. The Labute approximate surface area is 245 Å². The molecule has 0 amide bonds. The van der Waals surface area contributed by atoms with Crippen LogP contribution >= 0.6 is 8.25 Å². The fraction of sp³-hybridized carbons (Fsp3) is 0.286. The molecule has 1 aromatic heterocycles. The lowest BCUT2D eigenvalue weighted by atomic mass is 10.1. The lowest BCUT2D eigenvalue weighted by molar-refractivity contribution is -0.140. The second-order valence-electron chi connectivity index (χ2n) is 9.65. The van der Waals surface area contributed by atoms with E-state index in [9.17, 15) is 28.9 Å². The predicted molar refractivity (Wildman–Crippen MR) is 148 cm³/mol. The summed E-state index contributed by atoms with van der Waals surface area (Å²) in [7, 11) is -3.13. The van der Waals surface area contributed by atoms with E-state index in [1.165, 1.54) is 42.6 Å². The first-order chi connectivity index (χ1) is 20.6. The lowest BCUT2D eigenvalue weighted by Crippen LogP contribution is -2.37. The summed E-state index contributed by atoms with van der Waals surface area (Å²) in [6.45, 7) is 1.74. The Hall–Kier alpha value is -4.46. The Kier molecular flexibility index (Phi) is 8.94. The largest absolute Gasteiger partial charge is 0.695 e. The molecule has 2 aromatic rings. The van der Waals surface area contributed by atoms with Crippen molar-refractivity contribution in [3.8, 4) is 11.5 Å². The molecule has 0 spiro atoms. The number of ether oxygens (including phenoxy) is 4. The molecule has 1 aromatic carbocycles. The van der Waals surface area contributed by atoms with E-state index in [-0.39, 0.29) is 29.5 Å². The maximum absolute atomic E-state index is 12.9. The SMILES string of the molecule is CCC1=CC=C2CC(=C1)C=C(C(=O)Oc1ccc(OC[C@H]3O[C@@H](n4ccc(N)nc4=O)[C@H](O)[C@@H]3O[P+](=O)O)cc1)C(=O)O2. The molecule has 4 N–H and O–H groups in total. The summed E-state index contributed by atoms with van der Waals surface area (Å²) in [4.78, 5) is 50.6. The van der Waals surface area contributed by atoms with E-state index < -0.39 is 50.4 Å². The minimum Gasteiger partial charge on any atom is -0.491 e. The first kappa shape index (κ1) is 30.0. The van der Waals surface area contributed by atoms with Crippen molar-refractivity contribution in [1.29, 1.82) is 0 Å². The maximum atomic E-state index is 12.9. The van der Waals surface area contributed by atoms with Crippen LogP contribution in [0.5, 0.6) is 11.5 Å². The van der Waals surface area contributed by atoms with E-state index in [4.69, 9.17) is 29.2 Å². The number of aromatic nitrogens is 2. The van der Waals surface area contributed by atoms with Crippen LogP contribution < -0.4 is 20.9 Å². The number of anilines is 1. The zero-order valence-electron chi connectivity index (χ0n) is 22.7. The molecule has 0 radical (unpaired) electrons. The molecular weight excluding hydrogens is 585 g/mol. The summed E-state index contributed by atoms with van der Waals surface area (Å²) in [5.41, 5.74) is 6.23. The van der Waals surface area contributed by atoms with Crippen LogP contribution in [0.3, 0.4) is 0 Å². The van der Waals surface area contributed by atoms with Gasteiger partial charge in [-0.2, -0.15) is 4.98 Å². The number of rotatable bonds is 9. The van der Waals surface area contributed by atoms with Crippen LogP contribution in [0.15, 0.2) is 88.1 Å². The van der Waals surface area contributed by atoms with Gasteiger partial charge in [0.1, 0.15) is 47.5 Å². The minimum absolute atomic E-state index is 0.0317. The number of hydrogen-bond donors (Lipinski definition) is 3. The quantitative estimate of drug-likeness (QED) is 0.161. The van der Waals surface area contributed by atoms with Gasteiger partial charge in [-0.1, -0.05) is 19.1 Å². The van der Waals surface area contributed by atoms with Gasteiger partial charge in [0.25, 0.3) is 0 Å². The molecule has 2 aliphatic heterocycles. The van der Waals surface area contributed by atoms with Gasteiger partial charge in [-0.15, -0.1) is 9.42 Å². The molecule has 15 heteroatoms. The van der Waals surface area contributed by atoms with Crippen molar-refractivity contribution in [2.24, 2.45) is 0 Å². The Bertz CT molecular complexity index is 1630. The first-order valence-corrected chi connectivity index (χ1v) is 14.2. The smallest absolute Gasteiger partial charge is 0.491 e. The molecule has 5 atom stereocenters. The summed E-state index contributed by atoms with van der Waals surface area (Å²) in [5.74, 6) is -0.897. The zero-order valence-corrected chi connectivity index (χ0v) is 23.6. The highest BCUT2D eigenvalue weighted by atomic mass is 31.1. The van der Waals surface area contributed by atoms with Crippen molar-refractivity contribution in [3.05, 3.63) is 93.8 Å². The van der Waals surface area contributed by atoms with E-state index in [0.29, 0.717) is 12.2 Å². The number of aliphatic hydroxyl groups is 1. The number of carbonyl (C=O) groups excluding carboxylic acids is 2. The average Bonchev–Trinajstić information content (AvgIpc) is 3.09. The van der Waals surface area contributed by atoms with E-state index >= 15 is 0 Å². The molecule has 3 heterocycles. The molecule has 1 saturated heterocycles. The maximum Gasteiger partial charge on any atom is 0.695 e. The van der Waals surface area contributed by atoms with Gasteiger partial charge in [-0.3, -0.25) is 4.57 Å². The topological polar surface area (TPSA) is 199 Å². The average molecular weight is 613 g/mol. The van der Waals surface area contributed by atoms with Gasteiger partial charge in [0.15, 0.2) is 12.3 Å². The lowest BCUT2D eigenvalue weighted by Gasteiger charge is -2.17. The number of carbonyl (C=O) groups is 2. The first-order valence-electron chi connectivity index (χ1n) is 13.1. The van der Waals surface area contributed by atoms with E-state index in [1.54, 1.807) is 6.08 Å². The fourth-order valence-corrected chi connectivity index (χ4v) is 5.09. The van der Waals surface area contributed by atoms with Crippen LogP contribution in [-0.2, 0) is 28.2 Å². The van der Waals surface area contributed by atoms with Gasteiger partial charge in [-0.25, -0.2) is 14.4 Å². The third kappa shape index (κ3) is 6.96. The third-order valence-electron chi connectivity index (χ3n) is 6.73. The second-order valence-corrected chi connectivity index (χ2v) is 10.3. The highest BCUT2D eigenvalue weighted by molar-refractivity contribution is 7.32. The number of esters is 2. The normalized spacial score (nSPS) is 23.5.